The van der Waals surface area contributed by atoms with E-state index in [4.69, 9.17) is 0 Å². The van der Waals surface area contributed by atoms with Crippen molar-refractivity contribution < 1.29 is 9.90 Å². The summed E-state index contributed by atoms with van der Waals surface area (Å²) in [6, 6.07) is 5.55. The number of hydrogen-bond acceptors (Lipinski definition) is 4. The number of β-amino-alcohol motifs (C(OH)–C–C–N with tert-alkyl or cyclic N) is 1. The molecule has 0 spiro atoms. The number of rotatable bonds is 5. The van der Waals surface area contributed by atoms with Crippen molar-refractivity contribution in [2.45, 2.75) is 63.5 Å². The van der Waals surface area contributed by atoms with Gasteiger partial charge in [0.1, 0.15) is 0 Å². The van der Waals surface area contributed by atoms with Crippen molar-refractivity contribution in [2.75, 3.05) is 26.2 Å². The third-order valence-corrected chi connectivity index (χ3v) is 6.54. The summed E-state index contributed by atoms with van der Waals surface area (Å²) < 4.78 is 1.85. The fraction of sp³-hybridized carbons (Fsp3) is 0.636. The zero-order valence-corrected chi connectivity index (χ0v) is 17.2. The van der Waals surface area contributed by atoms with Gasteiger partial charge in [0, 0.05) is 37.8 Å². The first kappa shape index (κ1) is 20.2. The standard InChI is InChI=1S/C22H32N4O3/c1-2-23-20(27)16-6-7-19-18(14-16)24-21(28)26(19)17-8-12-25(13-9-17)15-22(29)10-4-3-5-11-22/h6-7,14,17,29H,2-5,8-13,15H2,1H3,(H,23,27)(H,24,28). The Kier molecular flexibility index (Phi) is 5.79. The number of benzene rings is 1. The van der Waals surface area contributed by atoms with Crippen molar-refractivity contribution in [3.05, 3.63) is 34.2 Å². The van der Waals surface area contributed by atoms with E-state index in [2.05, 4.69) is 15.2 Å². The number of piperidine rings is 1. The fourth-order valence-corrected chi connectivity index (χ4v) is 5.02. The molecule has 1 saturated carbocycles. The van der Waals surface area contributed by atoms with Crippen LogP contribution in [0.25, 0.3) is 11.0 Å². The lowest BCUT2D eigenvalue weighted by Gasteiger charge is -2.40. The lowest BCUT2D eigenvalue weighted by atomic mass is 9.84. The molecule has 0 radical (unpaired) electrons. The van der Waals surface area contributed by atoms with Gasteiger partial charge >= 0.3 is 5.69 Å². The van der Waals surface area contributed by atoms with Gasteiger partial charge in [-0.3, -0.25) is 9.36 Å². The van der Waals surface area contributed by atoms with Crippen molar-refractivity contribution in [1.82, 2.24) is 19.8 Å². The number of H-pyrrole nitrogens is 1. The molecule has 1 aromatic heterocycles. The van der Waals surface area contributed by atoms with E-state index in [1.165, 1.54) is 6.42 Å². The summed E-state index contributed by atoms with van der Waals surface area (Å²) >= 11 is 0. The summed E-state index contributed by atoms with van der Waals surface area (Å²) in [6.45, 7) is 4.99. The molecule has 29 heavy (non-hydrogen) atoms. The quantitative estimate of drug-likeness (QED) is 0.719. The maximum absolute atomic E-state index is 12.6. The maximum Gasteiger partial charge on any atom is 0.326 e. The van der Waals surface area contributed by atoms with Gasteiger partial charge in [-0.25, -0.2) is 4.79 Å². The number of hydrogen-bond donors (Lipinski definition) is 3. The average molecular weight is 401 g/mol. The van der Waals surface area contributed by atoms with Gasteiger partial charge in [0.25, 0.3) is 5.91 Å². The Morgan fingerprint density at radius 1 is 1.24 bits per heavy atom. The van der Waals surface area contributed by atoms with Gasteiger partial charge < -0.3 is 20.3 Å². The number of carbonyl (C=O) groups excluding carboxylic acids is 1. The average Bonchev–Trinajstić information content (AvgIpc) is 3.04. The number of nitrogens with one attached hydrogen (secondary N) is 2. The Morgan fingerprint density at radius 2 is 1.97 bits per heavy atom. The molecule has 1 aliphatic heterocycles. The van der Waals surface area contributed by atoms with Crippen LogP contribution in [0.1, 0.15) is 68.3 Å². The molecular formula is C22H32N4O3. The van der Waals surface area contributed by atoms with Crippen LogP contribution < -0.4 is 11.0 Å². The molecule has 0 unspecified atom stereocenters. The van der Waals surface area contributed by atoms with Crippen molar-refractivity contribution in [3.63, 3.8) is 0 Å². The molecule has 0 atom stereocenters. The van der Waals surface area contributed by atoms with Crippen molar-refractivity contribution in [2.24, 2.45) is 0 Å². The molecule has 2 fully saturated rings. The van der Waals surface area contributed by atoms with Gasteiger partial charge in [0.05, 0.1) is 16.6 Å². The minimum Gasteiger partial charge on any atom is -0.389 e. The predicted octanol–water partition coefficient (Wildman–Crippen LogP) is 2.41. The first-order valence-corrected chi connectivity index (χ1v) is 11.0. The fourth-order valence-electron chi connectivity index (χ4n) is 5.02. The van der Waals surface area contributed by atoms with Gasteiger partial charge in [-0.2, -0.15) is 0 Å². The molecule has 2 aromatic rings. The number of carbonyl (C=O) groups is 1. The number of nitrogens with zero attached hydrogens (tertiary/aromatic N) is 2. The molecule has 1 amide bonds. The Hall–Kier alpha value is -2.12. The predicted molar refractivity (Wildman–Crippen MR) is 113 cm³/mol. The molecule has 1 aromatic carbocycles. The summed E-state index contributed by atoms with van der Waals surface area (Å²) in [4.78, 5) is 30.0. The van der Waals surface area contributed by atoms with Crippen LogP contribution in [0.15, 0.2) is 23.0 Å². The minimum absolute atomic E-state index is 0.114. The van der Waals surface area contributed by atoms with Gasteiger partial charge in [-0.1, -0.05) is 19.3 Å². The van der Waals surface area contributed by atoms with Gasteiger partial charge in [0.2, 0.25) is 0 Å². The molecule has 4 rings (SSSR count). The van der Waals surface area contributed by atoms with E-state index in [9.17, 15) is 14.7 Å². The van der Waals surface area contributed by atoms with Crippen LogP contribution in [0.3, 0.4) is 0 Å². The van der Waals surface area contributed by atoms with Crippen LogP contribution >= 0.6 is 0 Å². The molecule has 1 aliphatic carbocycles. The number of aromatic amines is 1. The highest BCUT2D eigenvalue weighted by Gasteiger charge is 2.33. The van der Waals surface area contributed by atoms with Crippen LogP contribution in [-0.4, -0.2) is 57.2 Å². The Morgan fingerprint density at radius 3 is 2.66 bits per heavy atom. The zero-order chi connectivity index (χ0) is 20.4. The van der Waals surface area contributed by atoms with E-state index >= 15 is 0 Å². The van der Waals surface area contributed by atoms with Crippen LogP contribution in [0.4, 0.5) is 0 Å². The normalized spacial score (nSPS) is 20.8. The molecule has 158 valence electrons. The van der Waals surface area contributed by atoms with Crippen LogP contribution in [0.2, 0.25) is 0 Å². The number of amides is 1. The monoisotopic (exact) mass is 400 g/mol. The Balaban J connectivity index is 1.46. The minimum atomic E-state index is -0.530. The topological polar surface area (TPSA) is 90.4 Å². The first-order valence-electron chi connectivity index (χ1n) is 11.0. The third kappa shape index (κ3) is 4.26. The van der Waals surface area contributed by atoms with E-state index in [0.717, 1.165) is 63.7 Å². The Labute approximate surface area is 171 Å². The highest BCUT2D eigenvalue weighted by molar-refractivity contribution is 5.97. The summed E-state index contributed by atoms with van der Waals surface area (Å²) in [7, 11) is 0. The second kappa shape index (κ2) is 8.32. The van der Waals surface area contributed by atoms with E-state index < -0.39 is 5.60 Å². The molecule has 7 nitrogen and oxygen atoms in total. The second-order valence-electron chi connectivity index (χ2n) is 8.68. The highest BCUT2D eigenvalue weighted by Crippen LogP contribution is 2.31. The van der Waals surface area contributed by atoms with Gasteiger partial charge in [0.15, 0.2) is 0 Å². The Bertz CT molecular complexity index is 918. The summed E-state index contributed by atoms with van der Waals surface area (Å²) in [6.07, 6.45) is 7.06. The van der Waals surface area contributed by atoms with E-state index in [1.807, 2.05) is 17.6 Å². The summed E-state index contributed by atoms with van der Waals surface area (Å²) in [5.74, 6) is -0.128. The number of fused-ring (bicyclic) bond motifs is 1. The molecule has 1 saturated heterocycles. The van der Waals surface area contributed by atoms with Gasteiger partial charge in [-0.05, 0) is 50.8 Å². The van der Waals surface area contributed by atoms with Crippen molar-refractivity contribution in [3.8, 4) is 0 Å². The highest BCUT2D eigenvalue weighted by atomic mass is 16.3. The number of likely N-dealkylation sites (tertiary alicyclic amines) is 1. The smallest absolute Gasteiger partial charge is 0.326 e. The lowest BCUT2D eigenvalue weighted by molar-refractivity contribution is -0.0321. The summed E-state index contributed by atoms with van der Waals surface area (Å²) in [5.41, 5.74) is 1.48. The van der Waals surface area contributed by atoms with E-state index in [-0.39, 0.29) is 17.6 Å². The number of aliphatic hydroxyl groups is 1. The maximum atomic E-state index is 12.6. The van der Waals surface area contributed by atoms with Crippen molar-refractivity contribution in [1.29, 1.82) is 0 Å². The van der Waals surface area contributed by atoms with Gasteiger partial charge in [-0.15, -0.1) is 0 Å². The van der Waals surface area contributed by atoms with E-state index in [0.29, 0.717) is 17.6 Å². The van der Waals surface area contributed by atoms with Crippen molar-refractivity contribution >= 4 is 16.9 Å². The molecule has 2 aliphatic rings. The number of aromatic nitrogens is 2. The molecule has 3 N–H and O–H groups in total. The molecule has 2 heterocycles. The van der Waals surface area contributed by atoms with Crippen LogP contribution in [-0.2, 0) is 0 Å². The number of imidazole rings is 1. The third-order valence-electron chi connectivity index (χ3n) is 6.54. The molecular weight excluding hydrogens is 368 g/mol. The lowest BCUT2D eigenvalue weighted by Crippen LogP contribution is -2.47. The second-order valence-corrected chi connectivity index (χ2v) is 8.68. The zero-order valence-electron chi connectivity index (χ0n) is 17.2. The SMILES string of the molecule is CCNC(=O)c1ccc2c(c1)[nH]c(=O)n2C1CCN(CC2(O)CCCCC2)CC1. The van der Waals surface area contributed by atoms with Crippen LogP contribution in [0, 0.1) is 0 Å². The van der Waals surface area contributed by atoms with E-state index in [1.54, 1.807) is 12.1 Å². The largest absolute Gasteiger partial charge is 0.389 e. The molecule has 7 heteroatoms. The molecule has 0 bridgehead atoms. The summed E-state index contributed by atoms with van der Waals surface area (Å²) in [5, 5.41) is 13.6. The van der Waals surface area contributed by atoms with Crippen LogP contribution in [0.5, 0.6) is 0 Å². The first-order chi connectivity index (χ1) is 14.0.